The van der Waals surface area contributed by atoms with Crippen molar-refractivity contribution in [3.05, 3.63) is 136 Å². The van der Waals surface area contributed by atoms with Gasteiger partial charge in [0.1, 0.15) is 0 Å². The molecule has 0 amide bonds. The molecule has 0 N–H and O–H groups in total. The van der Waals surface area contributed by atoms with E-state index in [1.165, 1.54) is 84.6 Å². The summed E-state index contributed by atoms with van der Waals surface area (Å²) < 4.78 is 0. The fraction of sp³-hybridized carbons (Fsp3) is 0.250. The van der Waals surface area contributed by atoms with Gasteiger partial charge in [0.05, 0.1) is 0 Å². The van der Waals surface area contributed by atoms with Crippen molar-refractivity contribution < 1.29 is 0 Å². The molecule has 266 valence electrons. The van der Waals surface area contributed by atoms with Crippen molar-refractivity contribution in [1.82, 2.24) is 0 Å². The predicted molar refractivity (Wildman–Crippen MR) is 242 cm³/mol. The monoisotopic (exact) mass is 762 g/mol. The second-order valence-electron chi connectivity index (χ2n) is 17.5. The molecule has 0 atom stereocenters. The molecule has 4 aromatic heterocycles. The Morgan fingerprint density at radius 2 is 0.868 bits per heavy atom. The second-order valence-corrected chi connectivity index (χ2v) is 21.5. The third kappa shape index (κ3) is 7.03. The number of hydrogen-bond acceptors (Lipinski definition) is 4. The van der Waals surface area contributed by atoms with Crippen LogP contribution in [0.5, 0.6) is 0 Å². The Kier molecular flexibility index (Phi) is 9.26. The highest BCUT2D eigenvalue weighted by atomic mass is 32.1. The molecule has 0 spiro atoms. The molecule has 0 radical (unpaired) electrons. The van der Waals surface area contributed by atoms with Crippen molar-refractivity contribution in [3.63, 3.8) is 0 Å². The molecule has 5 heteroatoms. The van der Waals surface area contributed by atoms with Crippen LogP contribution in [0.2, 0.25) is 0 Å². The van der Waals surface area contributed by atoms with E-state index < -0.39 is 0 Å². The van der Waals surface area contributed by atoms with Crippen LogP contribution in [0.25, 0.3) is 52.5 Å². The van der Waals surface area contributed by atoms with Crippen molar-refractivity contribution in [3.8, 4) is 40.4 Å². The molecule has 1 aliphatic heterocycles. The number of hydrogen-bond donors (Lipinski definition) is 0. The van der Waals surface area contributed by atoms with E-state index in [2.05, 4.69) is 182 Å². The van der Waals surface area contributed by atoms with Gasteiger partial charge in [-0.25, -0.2) is 0 Å². The molecular formula is C48H47BS4. The van der Waals surface area contributed by atoms with Gasteiger partial charge < -0.3 is 0 Å². The van der Waals surface area contributed by atoms with Crippen molar-refractivity contribution >= 4 is 80.6 Å². The SMILES string of the molecule is CC(C)(C)c1cc(C(C)(C)C)c(B2c3cc(-c4ccc(-c5cccs5)s4)ccc3C=Cc3ccc(-c4ccc(-c5cccs5)s4)cc32)c(C(C)(C)C)c1. The first kappa shape index (κ1) is 36.3. The smallest absolute Gasteiger partial charge is 0.143 e. The topological polar surface area (TPSA) is 0 Å². The lowest BCUT2D eigenvalue weighted by Crippen LogP contribution is -2.58. The zero-order valence-electron chi connectivity index (χ0n) is 32.3. The number of thiophene rings is 4. The summed E-state index contributed by atoms with van der Waals surface area (Å²) >= 11 is 7.42. The number of fused-ring (bicyclic) bond motifs is 2. The van der Waals surface area contributed by atoms with Gasteiger partial charge in [-0.3, -0.25) is 0 Å². The van der Waals surface area contributed by atoms with Gasteiger partial charge in [-0.2, -0.15) is 0 Å². The Morgan fingerprint density at radius 1 is 0.434 bits per heavy atom. The van der Waals surface area contributed by atoms with Crippen molar-refractivity contribution in [2.45, 2.75) is 78.6 Å². The third-order valence-corrected chi connectivity index (χ3v) is 14.9. The normalized spacial score (nSPS) is 13.3. The predicted octanol–water partition coefficient (Wildman–Crippen LogP) is 13.5. The Bertz CT molecular complexity index is 2280. The molecule has 7 aromatic rings. The lowest BCUT2D eigenvalue weighted by atomic mass is 9.33. The maximum absolute atomic E-state index is 2.55. The zero-order valence-corrected chi connectivity index (χ0v) is 35.5. The summed E-state index contributed by atoms with van der Waals surface area (Å²) in [5, 5.41) is 4.34. The van der Waals surface area contributed by atoms with Crippen LogP contribution in [0.15, 0.2) is 108 Å². The summed E-state index contributed by atoms with van der Waals surface area (Å²) in [6.07, 6.45) is 4.72. The average molecular weight is 763 g/mol. The molecule has 5 heterocycles. The van der Waals surface area contributed by atoms with Gasteiger partial charge in [0, 0.05) is 29.3 Å². The summed E-state index contributed by atoms with van der Waals surface area (Å²) in [5.74, 6) is 0. The molecule has 8 rings (SSSR count). The number of benzene rings is 3. The van der Waals surface area contributed by atoms with E-state index in [9.17, 15) is 0 Å². The van der Waals surface area contributed by atoms with Crippen LogP contribution < -0.4 is 16.4 Å². The molecule has 0 aliphatic carbocycles. The van der Waals surface area contributed by atoms with E-state index >= 15 is 0 Å². The first-order valence-corrected chi connectivity index (χ1v) is 22.0. The van der Waals surface area contributed by atoms with Crippen molar-refractivity contribution in [2.75, 3.05) is 0 Å². The van der Waals surface area contributed by atoms with Crippen LogP contribution in [0.1, 0.15) is 90.1 Å². The van der Waals surface area contributed by atoms with Gasteiger partial charge in [-0.05, 0) is 102 Å². The fourth-order valence-electron chi connectivity index (χ4n) is 7.64. The van der Waals surface area contributed by atoms with Crippen molar-refractivity contribution in [2.24, 2.45) is 0 Å². The summed E-state index contributed by atoms with van der Waals surface area (Å²) in [7, 11) is 0. The minimum atomic E-state index is -0.0708. The van der Waals surface area contributed by atoms with Gasteiger partial charge in [0.25, 0.3) is 0 Å². The average Bonchev–Trinajstić information content (AvgIpc) is 3.93. The van der Waals surface area contributed by atoms with Crippen LogP contribution in [0.4, 0.5) is 0 Å². The molecule has 53 heavy (non-hydrogen) atoms. The van der Waals surface area contributed by atoms with E-state index in [-0.39, 0.29) is 23.0 Å². The van der Waals surface area contributed by atoms with Crippen LogP contribution in [0, 0.1) is 0 Å². The van der Waals surface area contributed by atoms with Gasteiger partial charge >= 0.3 is 0 Å². The summed E-state index contributed by atoms with van der Waals surface area (Å²) in [4.78, 5) is 7.95. The van der Waals surface area contributed by atoms with E-state index in [0.29, 0.717) is 0 Å². The Balaban J connectivity index is 1.41. The molecule has 0 unspecified atom stereocenters. The van der Waals surface area contributed by atoms with Crippen molar-refractivity contribution in [1.29, 1.82) is 0 Å². The highest BCUT2D eigenvalue weighted by molar-refractivity contribution is 7.23. The highest BCUT2D eigenvalue weighted by Gasteiger charge is 2.38. The van der Waals surface area contributed by atoms with Gasteiger partial charge in [0.15, 0.2) is 0 Å². The maximum Gasteiger partial charge on any atom is 0.243 e. The maximum atomic E-state index is 2.55. The number of rotatable bonds is 5. The van der Waals surface area contributed by atoms with Crippen LogP contribution in [-0.2, 0) is 16.2 Å². The molecule has 0 fully saturated rings. The van der Waals surface area contributed by atoms with E-state index in [1.807, 2.05) is 45.3 Å². The largest absolute Gasteiger partial charge is 0.243 e. The molecule has 3 aromatic carbocycles. The molecule has 1 aliphatic rings. The first-order valence-electron chi connectivity index (χ1n) is 18.6. The molecular weight excluding hydrogens is 716 g/mol. The lowest BCUT2D eigenvalue weighted by molar-refractivity contribution is 0.553. The standard InChI is InChI=1S/C48H47BS4/c1-46(2,3)34-28-35(47(4,5)6)45(36(29-34)48(7,8)9)49-37-26-32(39-20-22-43(52-39)41-12-10-24-50-41)18-16-30(37)14-15-31-17-19-33(27-38(31)49)40-21-23-44(53-40)42-13-11-25-51-42/h10-29H,1-9H3. The Hall–Kier alpha value is -3.74. The molecule has 0 nitrogen and oxygen atoms in total. The minimum absolute atomic E-state index is 0.0264. The second kappa shape index (κ2) is 13.5. The van der Waals surface area contributed by atoms with Gasteiger partial charge in [-0.1, -0.05) is 152 Å². The quantitative estimate of drug-likeness (QED) is 0.153. The summed E-state index contributed by atoms with van der Waals surface area (Å²) in [6.45, 7) is 21.6. The van der Waals surface area contributed by atoms with E-state index in [0.717, 1.165) is 0 Å². The van der Waals surface area contributed by atoms with Gasteiger partial charge in [-0.15, -0.1) is 45.3 Å². The molecule has 0 saturated heterocycles. The Labute approximate surface area is 333 Å². The van der Waals surface area contributed by atoms with Crippen LogP contribution in [-0.4, -0.2) is 6.71 Å². The Morgan fingerprint density at radius 3 is 1.25 bits per heavy atom. The molecule has 0 saturated carbocycles. The van der Waals surface area contributed by atoms with E-state index in [4.69, 9.17) is 0 Å². The summed E-state index contributed by atoms with van der Waals surface area (Å²) in [6, 6.07) is 37.5. The zero-order chi connectivity index (χ0) is 37.3. The summed E-state index contributed by atoms with van der Waals surface area (Å²) in [5.41, 5.74) is 13.6. The third-order valence-electron chi connectivity index (χ3n) is 10.5. The van der Waals surface area contributed by atoms with E-state index in [1.54, 1.807) is 0 Å². The van der Waals surface area contributed by atoms with Crippen LogP contribution >= 0.6 is 45.3 Å². The lowest BCUT2D eigenvalue weighted by Gasteiger charge is -2.36. The van der Waals surface area contributed by atoms with Gasteiger partial charge in [0.2, 0.25) is 6.71 Å². The van der Waals surface area contributed by atoms with Crippen LogP contribution in [0.3, 0.4) is 0 Å². The fourth-order valence-corrected chi connectivity index (χ4v) is 11.3. The highest BCUT2D eigenvalue weighted by Crippen LogP contribution is 2.39. The molecule has 0 bridgehead atoms. The minimum Gasteiger partial charge on any atom is -0.143 e. The first-order chi connectivity index (χ1) is 25.1.